The lowest BCUT2D eigenvalue weighted by Crippen LogP contribution is -2.12. The van der Waals surface area contributed by atoms with Crippen LogP contribution in [0, 0.1) is 11.3 Å². The molecular weight excluding hydrogens is 342 g/mol. The smallest absolute Gasteiger partial charge is 0.238 e. The zero-order chi connectivity index (χ0) is 17.9. The van der Waals surface area contributed by atoms with Gasteiger partial charge < -0.3 is 4.74 Å². The highest BCUT2D eigenvalue weighted by Gasteiger charge is 2.09. The Bertz CT molecular complexity index is 1040. The molecule has 2 N–H and O–H groups in total. The summed E-state index contributed by atoms with van der Waals surface area (Å²) in [5, 5.41) is 22.1. The van der Waals surface area contributed by atoms with Gasteiger partial charge in [-0.25, -0.2) is 18.2 Å². The van der Waals surface area contributed by atoms with E-state index in [2.05, 4.69) is 16.4 Å². The number of hydrogen-bond acceptors (Lipinski definition) is 6. The van der Waals surface area contributed by atoms with Crippen molar-refractivity contribution in [1.82, 2.24) is 15.0 Å². The van der Waals surface area contributed by atoms with E-state index >= 15 is 0 Å². The minimum absolute atomic E-state index is 0.0213. The Labute approximate surface area is 144 Å². The highest BCUT2D eigenvalue weighted by Crippen LogP contribution is 2.18. The molecule has 0 saturated carbocycles. The Morgan fingerprint density at radius 2 is 1.88 bits per heavy atom. The maximum Gasteiger partial charge on any atom is 0.238 e. The molecule has 3 aromatic rings. The van der Waals surface area contributed by atoms with Crippen molar-refractivity contribution in [3.63, 3.8) is 0 Å². The second-order valence-corrected chi connectivity index (χ2v) is 6.65. The van der Waals surface area contributed by atoms with Crippen LogP contribution in [0.15, 0.2) is 59.6 Å². The monoisotopic (exact) mass is 355 g/mol. The molecule has 2 aromatic carbocycles. The van der Waals surface area contributed by atoms with Gasteiger partial charge in [0.05, 0.1) is 22.3 Å². The van der Waals surface area contributed by atoms with Crippen LogP contribution in [0.3, 0.4) is 0 Å². The van der Waals surface area contributed by atoms with Crippen molar-refractivity contribution in [2.45, 2.75) is 11.5 Å². The van der Waals surface area contributed by atoms with Crippen molar-refractivity contribution in [3.8, 4) is 17.5 Å². The van der Waals surface area contributed by atoms with Gasteiger partial charge >= 0.3 is 0 Å². The van der Waals surface area contributed by atoms with E-state index in [-0.39, 0.29) is 11.5 Å². The summed E-state index contributed by atoms with van der Waals surface area (Å²) < 4.78 is 29.6. The number of hydrogen-bond donors (Lipinski definition) is 1. The summed E-state index contributed by atoms with van der Waals surface area (Å²) in [5.74, 6) is 0.469. The number of aromatic nitrogens is 3. The Hall–Kier alpha value is -3.22. The maximum atomic E-state index is 11.3. The molecule has 0 radical (unpaired) electrons. The fourth-order valence-electron chi connectivity index (χ4n) is 2.12. The lowest BCUT2D eigenvalue weighted by Gasteiger charge is -2.05. The standard InChI is InChI=1S/C16H13N5O3S/c17-9-12-3-1-2-4-16(12)24-11-13-10-21(20-19-13)14-5-7-15(8-6-14)25(18,22)23/h1-8,10H,11H2,(H2,18,22,23). The summed E-state index contributed by atoms with van der Waals surface area (Å²) in [7, 11) is -3.73. The molecule has 0 spiro atoms. The predicted octanol–water partition coefficient (Wildman–Crippen LogP) is 1.37. The minimum atomic E-state index is -3.73. The van der Waals surface area contributed by atoms with Gasteiger partial charge in [-0.3, -0.25) is 0 Å². The maximum absolute atomic E-state index is 11.3. The number of benzene rings is 2. The Morgan fingerprint density at radius 1 is 1.16 bits per heavy atom. The van der Waals surface area contributed by atoms with Crippen molar-refractivity contribution < 1.29 is 13.2 Å². The number of nitrogens with zero attached hydrogens (tertiary/aromatic N) is 4. The number of ether oxygens (including phenoxy) is 1. The molecule has 0 saturated heterocycles. The van der Waals surface area contributed by atoms with Gasteiger partial charge in [-0.05, 0) is 36.4 Å². The first-order chi connectivity index (χ1) is 12.0. The van der Waals surface area contributed by atoms with Crippen molar-refractivity contribution >= 4 is 10.0 Å². The van der Waals surface area contributed by atoms with Gasteiger partial charge in [0.25, 0.3) is 0 Å². The van der Waals surface area contributed by atoms with Gasteiger partial charge in [0, 0.05) is 0 Å². The fourth-order valence-corrected chi connectivity index (χ4v) is 2.63. The molecule has 0 amide bonds. The highest BCUT2D eigenvalue weighted by atomic mass is 32.2. The van der Waals surface area contributed by atoms with Gasteiger partial charge in [0.1, 0.15) is 24.1 Å². The van der Waals surface area contributed by atoms with Gasteiger partial charge in [-0.2, -0.15) is 5.26 Å². The molecule has 3 rings (SSSR count). The molecule has 0 aliphatic carbocycles. The van der Waals surface area contributed by atoms with Crippen LogP contribution in [0.1, 0.15) is 11.3 Å². The molecule has 1 heterocycles. The van der Waals surface area contributed by atoms with Crippen LogP contribution in [-0.4, -0.2) is 23.4 Å². The third-order valence-electron chi connectivity index (χ3n) is 3.35. The number of rotatable bonds is 5. The molecule has 0 atom stereocenters. The number of para-hydroxylation sites is 1. The molecule has 9 heteroatoms. The van der Waals surface area contributed by atoms with E-state index in [0.717, 1.165) is 0 Å². The van der Waals surface area contributed by atoms with Gasteiger partial charge in [0.2, 0.25) is 10.0 Å². The predicted molar refractivity (Wildman–Crippen MR) is 88.2 cm³/mol. The SMILES string of the molecule is N#Cc1ccccc1OCc1cn(-c2ccc(S(N)(=O)=O)cc2)nn1. The fraction of sp³-hybridized carbons (Fsp3) is 0.0625. The lowest BCUT2D eigenvalue weighted by molar-refractivity contribution is 0.300. The van der Waals surface area contributed by atoms with E-state index < -0.39 is 10.0 Å². The minimum Gasteiger partial charge on any atom is -0.486 e. The van der Waals surface area contributed by atoms with E-state index in [1.165, 1.54) is 16.8 Å². The average Bonchev–Trinajstić information content (AvgIpc) is 3.08. The molecule has 0 bridgehead atoms. The van der Waals surface area contributed by atoms with Crippen LogP contribution >= 0.6 is 0 Å². The lowest BCUT2D eigenvalue weighted by atomic mass is 10.2. The summed E-state index contributed by atoms with van der Waals surface area (Å²) >= 11 is 0. The van der Waals surface area contributed by atoms with Crippen molar-refractivity contribution in [1.29, 1.82) is 5.26 Å². The van der Waals surface area contributed by atoms with E-state index in [0.29, 0.717) is 22.7 Å². The molecule has 8 nitrogen and oxygen atoms in total. The number of nitrogens with two attached hydrogens (primary N) is 1. The van der Waals surface area contributed by atoms with Gasteiger partial charge in [-0.15, -0.1) is 5.10 Å². The molecule has 0 unspecified atom stereocenters. The summed E-state index contributed by atoms with van der Waals surface area (Å²) in [4.78, 5) is 0.0213. The first-order valence-electron chi connectivity index (χ1n) is 7.14. The van der Waals surface area contributed by atoms with Crippen LogP contribution < -0.4 is 9.88 Å². The topological polar surface area (TPSA) is 124 Å². The van der Waals surface area contributed by atoms with Crippen LogP contribution in [0.25, 0.3) is 5.69 Å². The molecular formula is C16H13N5O3S. The second-order valence-electron chi connectivity index (χ2n) is 5.09. The summed E-state index contributed by atoms with van der Waals surface area (Å²) in [5.41, 5.74) is 1.63. The summed E-state index contributed by atoms with van der Waals surface area (Å²) in [6.07, 6.45) is 1.65. The van der Waals surface area contributed by atoms with E-state index in [1.54, 1.807) is 42.6 Å². The largest absolute Gasteiger partial charge is 0.486 e. The summed E-state index contributed by atoms with van der Waals surface area (Å²) in [6, 6.07) is 14.9. The van der Waals surface area contributed by atoms with Crippen molar-refractivity contribution in [2.75, 3.05) is 0 Å². The molecule has 25 heavy (non-hydrogen) atoms. The van der Waals surface area contributed by atoms with Crippen LogP contribution in [0.5, 0.6) is 5.75 Å². The molecule has 126 valence electrons. The molecule has 0 aliphatic heterocycles. The molecule has 0 fully saturated rings. The number of primary sulfonamides is 1. The Balaban J connectivity index is 1.73. The van der Waals surface area contributed by atoms with Crippen LogP contribution in [0.4, 0.5) is 0 Å². The number of sulfonamides is 1. The van der Waals surface area contributed by atoms with Crippen molar-refractivity contribution in [2.24, 2.45) is 5.14 Å². The van der Waals surface area contributed by atoms with Gasteiger partial charge in [0.15, 0.2) is 0 Å². The van der Waals surface area contributed by atoms with E-state index in [9.17, 15) is 8.42 Å². The second kappa shape index (κ2) is 6.72. The first kappa shape index (κ1) is 16.6. The van der Waals surface area contributed by atoms with Crippen LogP contribution in [-0.2, 0) is 16.6 Å². The quantitative estimate of drug-likeness (QED) is 0.737. The highest BCUT2D eigenvalue weighted by molar-refractivity contribution is 7.89. The zero-order valence-electron chi connectivity index (χ0n) is 12.9. The Morgan fingerprint density at radius 3 is 2.56 bits per heavy atom. The normalized spacial score (nSPS) is 11.0. The average molecular weight is 355 g/mol. The Kier molecular flexibility index (Phi) is 4.47. The molecule has 1 aromatic heterocycles. The third kappa shape index (κ3) is 3.82. The van der Waals surface area contributed by atoms with Crippen LogP contribution in [0.2, 0.25) is 0 Å². The summed E-state index contributed by atoms with van der Waals surface area (Å²) in [6.45, 7) is 0.147. The van der Waals surface area contributed by atoms with Gasteiger partial charge in [-0.1, -0.05) is 17.3 Å². The number of nitriles is 1. The first-order valence-corrected chi connectivity index (χ1v) is 8.68. The van der Waals surface area contributed by atoms with E-state index in [1.807, 2.05) is 0 Å². The third-order valence-corrected chi connectivity index (χ3v) is 4.28. The molecule has 0 aliphatic rings. The van der Waals surface area contributed by atoms with Crippen molar-refractivity contribution in [3.05, 3.63) is 66.0 Å². The zero-order valence-corrected chi connectivity index (χ0v) is 13.7. The van der Waals surface area contributed by atoms with E-state index in [4.69, 9.17) is 15.1 Å².